The molecule has 2 N–H and O–H groups in total. The number of nitrogens with zero attached hydrogens (tertiary/aromatic N) is 1. The van der Waals surface area contributed by atoms with Crippen LogP contribution >= 0.6 is 0 Å². The average Bonchev–Trinajstić information content (AvgIpc) is 2.50. The van der Waals surface area contributed by atoms with Gasteiger partial charge in [-0.2, -0.15) is 8.78 Å². The smallest absolute Gasteiger partial charge is 0.387 e. The summed E-state index contributed by atoms with van der Waals surface area (Å²) in [6, 6.07) is 5.09. The van der Waals surface area contributed by atoms with Crippen LogP contribution in [-0.4, -0.2) is 38.3 Å². The molecule has 2 rings (SSSR count). The molecule has 0 aromatic heterocycles. The molecular formula is C16H24F2N2O2. The van der Waals surface area contributed by atoms with E-state index < -0.39 is 6.61 Å². The molecule has 0 bridgehead atoms. The molecule has 22 heavy (non-hydrogen) atoms. The van der Waals surface area contributed by atoms with Gasteiger partial charge in [-0.15, -0.1) is 0 Å². The summed E-state index contributed by atoms with van der Waals surface area (Å²) in [5.41, 5.74) is 6.84. The maximum atomic E-state index is 12.3. The largest absolute Gasteiger partial charge is 0.493 e. The van der Waals surface area contributed by atoms with E-state index in [4.69, 9.17) is 10.5 Å². The van der Waals surface area contributed by atoms with Gasteiger partial charge in [0.15, 0.2) is 11.5 Å². The zero-order chi connectivity index (χ0) is 16.1. The lowest BCUT2D eigenvalue weighted by Crippen LogP contribution is -2.42. The fourth-order valence-corrected chi connectivity index (χ4v) is 2.94. The van der Waals surface area contributed by atoms with Crippen molar-refractivity contribution in [3.63, 3.8) is 0 Å². The molecule has 1 aromatic rings. The van der Waals surface area contributed by atoms with Crippen LogP contribution in [0.2, 0.25) is 0 Å². The lowest BCUT2D eigenvalue weighted by molar-refractivity contribution is -0.0512. The molecule has 0 radical (unpaired) electrons. The molecule has 6 heteroatoms. The van der Waals surface area contributed by atoms with Crippen LogP contribution in [0.3, 0.4) is 0 Å². The fourth-order valence-electron chi connectivity index (χ4n) is 2.94. The molecule has 0 amide bonds. The number of rotatable bonds is 6. The van der Waals surface area contributed by atoms with Crippen molar-refractivity contribution in [2.75, 3.05) is 26.7 Å². The van der Waals surface area contributed by atoms with Crippen molar-refractivity contribution in [2.45, 2.75) is 26.5 Å². The maximum Gasteiger partial charge on any atom is 0.387 e. The number of alkyl halides is 2. The first-order valence-corrected chi connectivity index (χ1v) is 7.57. The number of ether oxygens (including phenoxy) is 2. The Kier molecular flexibility index (Phi) is 5.97. The Morgan fingerprint density at radius 2 is 2.14 bits per heavy atom. The molecule has 1 fully saturated rings. The van der Waals surface area contributed by atoms with Gasteiger partial charge in [0.2, 0.25) is 0 Å². The van der Waals surface area contributed by atoms with Crippen LogP contribution in [0.4, 0.5) is 8.78 Å². The quantitative estimate of drug-likeness (QED) is 0.877. The highest BCUT2D eigenvalue weighted by Crippen LogP contribution is 2.31. The van der Waals surface area contributed by atoms with Crippen molar-refractivity contribution in [1.29, 1.82) is 0 Å². The van der Waals surface area contributed by atoms with Crippen LogP contribution in [0.1, 0.15) is 18.9 Å². The first-order valence-electron chi connectivity index (χ1n) is 7.57. The molecule has 4 nitrogen and oxygen atoms in total. The Morgan fingerprint density at radius 3 is 2.77 bits per heavy atom. The van der Waals surface area contributed by atoms with E-state index in [9.17, 15) is 8.78 Å². The minimum absolute atomic E-state index is 0.0633. The van der Waals surface area contributed by atoms with Crippen molar-refractivity contribution in [2.24, 2.45) is 17.6 Å². The second-order valence-corrected chi connectivity index (χ2v) is 5.86. The van der Waals surface area contributed by atoms with Gasteiger partial charge >= 0.3 is 6.61 Å². The Balaban J connectivity index is 2.03. The monoisotopic (exact) mass is 314 g/mol. The van der Waals surface area contributed by atoms with Crippen LogP contribution in [0.15, 0.2) is 18.2 Å². The average molecular weight is 314 g/mol. The van der Waals surface area contributed by atoms with E-state index in [0.29, 0.717) is 24.1 Å². The van der Waals surface area contributed by atoms with Gasteiger partial charge in [0.05, 0.1) is 7.11 Å². The molecular weight excluding hydrogens is 290 g/mol. The van der Waals surface area contributed by atoms with Gasteiger partial charge < -0.3 is 15.2 Å². The number of likely N-dealkylation sites (tertiary alicyclic amines) is 1. The zero-order valence-corrected chi connectivity index (χ0v) is 13.1. The summed E-state index contributed by atoms with van der Waals surface area (Å²) in [5.74, 6) is 1.56. The number of hydrogen-bond acceptors (Lipinski definition) is 4. The van der Waals surface area contributed by atoms with Crippen LogP contribution < -0.4 is 15.2 Å². The predicted molar refractivity (Wildman–Crippen MR) is 81.2 cm³/mol. The minimum atomic E-state index is -2.85. The molecule has 2 unspecified atom stereocenters. The van der Waals surface area contributed by atoms with Gasteiger partial charge in [0, 0.05) is 13.1 Å². The van der Waals surface area contributed by atoms with E-state index in [1.165, 1.54) is 13.2 Å². The van der Waals surface area contributed by atoms with Crippen molar-refractivity contribution in [3.8, 4) is 11.5 Å². The summed E-state index contributed by atoms with van der Waals surface area (Å²) in [6.45, 7) is 2.84. The Labute approximate surface area is 130 Å². The lowest BCUT2D eigenvalue weighted by atomic mass is 9.87. The third kappa shape index (κ3) is 4.30. The molecule has 1 saturated heterocycles. The normalized spacial score (nSPS) is 22.8. The van der Waals surface area contributed by atoms with Gasteiger partial charge in [-0.05, 0) is 49.0 Å². The van der Waals surface area contributed by atoms with E-state index in [1.54, 1.807) is 12.1 Å². The van der Waals surface area contributed by atoms with E-state index in [0.717, 1.165) is 31.6 Å². The number of methoxy groups -OCH3 is 1. The number of piperidine rings is 1. The number of hydrogen-bond donors (Lipinski definition) is 1. The molecule has 0 saturated carbocycles. The molecule has 1 aromatic carbocycles. The molecule has 2 atom stereocenters. The lowest BCUT2D eigenvalue weighted by Gasteiger charge is -2.36. The molecule has 124 valence electrons. The number of benzene rings is 1. The van der Waals surface area contributed by atoms with Crippen molar-refractivity contribution in [1.82, 2.24) is 4.90 Å². The van der Waals surface area contributed by atoms with E-state index in [-0.39, 0.29) is 5.75 Å². The van der Waals surface area contributed by atoms with Gasteiger partial charge in [-0.3, -0.25) is 4.90 Å². The van der Waals surface area contributed by atoms with Crippen LogP contribution in [0.25, 0.3) is 0 Å². The molecule has 0 spiro atoms. The highest BCUT2D eigenvalue weighted by molar-refractivity contribution is 5.43. The summed E-state index contributed by atoms with van der Waals surface area (Å²) < 4.78 is 34.2. The fraction of sp³-hybridized carbons (Fsp3) is 0.625. The molecule has 1 aliphatic rings. The predicted octanol–water partition coefficient (Wildman–Crippen LogP) is 2.71. The summed E-state index contributed by atoms with van der Waals surface area (Å²) in [5, 5.41) is 0. The summed E-state index contributed by atoms with van der Waals surface area (Å²) in [4.78, 5) is 2.35. The van der Waals surface area contributed by atoms with E-state index in [2.05, 4.69) is 16.6 Å². The highest BCUT2D eigenvalue weighted by atomic mass is 19.3. The molecule has 0 aliphatic carbocycles. The van der Waals surface area contributed by atoms with Gasteiger partial charge in [-0.25, -0.2) is 0 Å². The van der Waals surface area contributed by atoms with Gasteiger partial charge in [0.25, 0.3) is 0 Å². The van der Waals surface area contributed by atoms with Crippen molar-refractivity contribution < 1.29 is 18.3 Å². The standard InChI is InChI=1S/C16H24F2N2O2/c1-11-5-6-20(10-13(11)8-19)9-12-3-4-14(22-16(17)18)15(7-12)21-2/h3-4,7,11,13,16H,5-6,8-10,19H2,1-2H3. The summed E-state index contributed by atoms with van der Waals surface area (Å²) in [7, 11) is 1.45. The SMILES string of the molecule is COc1cc(CN2CCC(C)C(CN)C2)ccc1OC(F)F. The first kappa shape index (κ1) is 17.0. The molecule has 1 aliphatic heterocycles. The zero-order valence-electron chi connectivity index (χ0n) is 13.1. The third-order valence-corrected chi connectivity index (χ3v) is 4.35. The van der Waals surface area contributed by atoms with E-state index in [1.807, 2.05) is 0 Å². The Hall–Kier alpha value is -1.40. The maximum absolute atomic E-state index is 12.3. The number of halogens is 2. The van der Waals surface area contributed by atoms with Gasteiger partial charge in [-0.1, -0.05) is 13.0 Å². The summed E-state index contributed by atoms with van der Waals surface area (Å²) in [6.07, 6.45) is 1.13. The third-order valence-electron chi connectivity index (χ3n) is 4.35. The first-order chi connectivity index (χ1) is 10.5. The van der Waals surface area contributed by atoms with Crippen LogP contribution in [0.5, 0.6) is 11.5 Å². The second kappa shape index (κ2) is 7.74. The second-order valence-electron chi connectivity index (χ2n) is 5.86. The van der Waals surface area contributed by atoms with Crippen molar-refractivity contribution in [3.05, 3.63) is 23.8 Å². The van der Waals surface area contributed by atoms with Crippen LogP contribution in [0, 0.1) is 11.8 Å². The molecule has 1 heterocycles. The van der Waals surface area contributed by atoms with Crippen molar-refractivity contribution >= 4 is 0 Å². The Morgan fingerprint density at radius 1 is 1.36 bits per heavy atom. The number of nitrogens with two attached hydrogens (primary N) is 1. The minimum Gasteiger partial charge on any atom is -0.493 e. The van der Waals surface area contributed by atoms with Crippen LogP contribution in [-0.2, 0) is 6.54 Å². The summed E-state index contributed by atoms with van der Waals surface area (Å²) >= 11 is 0. The van der Waals surface area contributed by atoms with Gasteiger partial charge in [0.1, 0.15) is 0 Å². The Bertz CT molecular complexity index is 485. The topological polar surface area (TPSA) is 47.7 Å². The van der Waals surface area contributed by atoms with E-state index >= 15 is 0 Å². The highest BCUT2D eigenvalue weighted by Gasteiger charge is 2.25.